The van der Waals surface area contributed by atoms with E-state index in [1.54, 1.807) is 25.2 Å². The second-order valence-corrected chi connectivity index (χ2v) is 8.18. The van der Waals surface area contributed by atoms with Crippen molar-refractivity contribution in [3.05, 3.63) is 65.2 Å². The maximum atomic E-state index is 14.7. The molecule has 0 bridgehead atoms. The lowest BCUT2D eigenvalue weighted by atomic mass is 10.1. The van der Waals surface area contributed by atoms with Crippen LogP contribution in [0, 0.1) is 11.6 Å². The number of benzene rings is 2. The van der Waals surface area contributed by atoms with Crippen molar-refractivity contribution in [3.8, 4) is 0 Å². The highest BCUT2D eigenvalue weighted by molar-refractivity contribution is 5.80. The fraction of sp³-hybridized carbons (Fsp3) is 0.458. The molecular formula is C24H30F2N4O2. The SMILES string of the molecule is CN=C(NCc1ccc(N2CCOCC2)c(F)c1)N1CC(C)OC(c2ccc(F)cc2)C1. The van der Waals surface area contributed by atoms with Crippen LogP contribution in [0.25, 0.3) is 0 Å². The molecule has 2 fully saturated rings. The Kier molecular flexibility index (Phi) is 7.22. The van der Waals surface area contributed by atoms with Gasteiger partial charge in [0, 0.05) is 33.2 Å². The summed E-state index contributed by atoms with van der Waals surface area (Å²) in [4.78, 5) is 8.56. The number of morpholine rings is 2. The quantitative estimate of drug-likeness (QED) is 0.579. The first-order chi connectivity index (χ1) is 15.5. The molecule has 2 aromatic rings. The Morgan fingerprint density at radius 1 is 1.09 bits per heavy atom. The summed E-state index contributed by atoms with van der Waals surface area (Å²) < 4.78 is 39.4. The van der Waals surface area contributed by atoms with Crippen LogP contribution in [0.15, 0.2) is 47.5 Å². The number of rotatable bonds is 4. The van der Waals surface area contributed by atoms with Gasteiger partial charge in [0.2, 0.25) is 0 Å². The molecule has 2 unspecified atom stereocenters. The molecule has 2 atom stereocenters. The van der Waals surface area contributed by atoms with Crippen molar-refractivity contribution in [2.45, 2.75) is 25.7 Å². The lowest BCUT2D eigenvalue weighted by Crippen LogP contribution is -2.50. The van der Waals surface area contributed by atoms with Crippen molar-refractivity contribution in [2.75, 3.05) is 51.3 Å². The third-order valence-electron chi connectivity index (χ3n) is 5.83. The standard InChI is InChI=1S/C24H30F2N4O2/c1-17-15-30(16-23(32-17)19-4-6-20(25)7-5-19)24(27-2)28-14-18-3-8-22(21(26)13-18)29-9-11-31-12-10-29/h3-8,13,17,23H,9-12,14-16H2,1-2H3,(H,27,28). The highest BCUT2D eigenvalue weighted by atomic mass is 19.1. The van der Waals surface area contributed by atoms with Crippen LogP contribution in [-0.4, -0.2) is 63.4 Å². The van der Waals surface area contributed by atoms with Crippen molar-refractivity contribution in [3.63, 3.8) is 0 Å². The molecule has 8 heteroatoms. The zero-order valence-corrected chi connectivity index (χ0v) is 18.6. The van der Waals surface area contributed by atoms with Gasteiger partial charge >= 0.3 is 0 Å². The lowest BCUT2D eigenvalue weighted by Gasteiger charge is -2.38. The highest BCUT2D eigenvalue weighted by Gasteiger charge is 2.28. The van der Waals surface area contributed by atoms with Crippen LogP contribution in [0.3, 0.4) is 0 Å². The molecule has 0 saturated carbocycles. The molecule has 0 aromatic heterocycles. The number of nitrogens with zero attached hydrogens (tertiary/aromatic N) is 3. The van der Waals surface area contributed by atoms with Gasteiger partial charge in [0.15, 0.2) is 5.96 Å². The molecule has 172 valence electrons. The molecule has 0 aliphatic carbocycles. The van der Waals surface area contributed by atoms with E-state index in [0.29, 0.717) is 51.6 Å². The molecule has 2 aliphatic rings. The Morgan fingerprint density at radius 2 is 1.84 bits per heavy atom. The van der Waals surface area contributed by atoms with Gasteiger partial charge in [0.05, 0.1) is 31.5 Å². The van der Waals surface area contributed by atoms with Crippen molar-refractivity contribution in [2.24, 2.45) is 4.99 Å². The first-order valence-corrected chi connectivity index (χ1v) is 11.0. The van der Waals surface area contributed by atoms with Crippen LogP contribution in [0.2, 0.25) is 0 Å². The Labute approximate surface area is 187 Å². The van der Waals surface area contributed by atoms with Gasteiger partial charge in [-0.3, -0.25) is 4.99 Å². The van der Waals surface area contributed by atoms with E-state index in [0.717, 1.165) is 17.1 Å². The van der Waals surface area contributed by atoms with E-state index in [2.05, 4.69) is 15.2 Å². The summed E-state index contributed by atoms with van der Waals surface area (Å²) in [6.07, 6.45) is -0.189. The predicted molar refractivity (Wildman–Crippen MR) is 121 cm³/mol. The monoisotopic (exact) mass is 444 g/mol. The molecule has 2 aromatic carbocycles. The summed E-state index contributed by atoms with van der Waals surface area (Å²) in [6.45, 7) is 6.39. The minimum atomic E-state index is -0.265. The zero-order chi connectivity index (χ0) is 22.5. The third-order valence-corrected chi connectivity index (χ3v) is 5.83. The van der Waals surface area contributed by atoms with E-state index in [9.17, 15) is 8.78 Å². The van der Waals surface area contributed by atoms with E-state index in [-0.39, 0.29) is 23.8 Å². The predicted octanol–water partition coefficient (Wildman–Crippen LogP) is 3.34. The van der Waals surface area contributed by atoms with E-state index >= 15 is 0 Å². The summed E-state index contributed by atoms with van der Waals surface area (Å²) >= 11 is 0. The molecule has 2 heterocycles. The second-order valence-electron chi connectivity index (χ2n) is 8.18. The van der Waals surface area contributed by atoms with Crippen LogP contribution >= 0.6 is 0 Å². The van der Waals surface area contributed by atoms with Gasteiger partial charge in [-0.2, -0.15) is 0 Å². The molecule has 4 rings (SSSR count). The molecular weight excluding hydrogens is 414 g/mol. The molecule has 0 amide bonds. The van der Waals surface area contributed by atoms with Crippen LogP contribution in [0.4, 0.5) is 14.5 Å². The van der Waals surface area contributed by atoms with Crippen molar-refractivity contribution < 1.29 is 18.3 Å². The van der Waals surface area contributed by atoms with Gasteiger partial charge < -0.3 is 24.6 Å². The number of nitrogens with one attached hydrogen (secondary N) is 1. The van der Waals surface area contributed by atoms with Gasteiger partial charge in [-0.1, -0.05) is 18.2 Å². The fourth-order valence-electron chi connectivity index (χ4n) is 4.22. The smallest absolute Gasteiger partial charge is 0.194 e. The average Bonchev–Trinajstić information content (AvgIpc) is 2.80. The number of hydrogen-bond donors (Lipinski definition) is 1. The minimum Gasteiger partial charge on any atom is -0.378 e. The second kappa shape index (κ2) is 10.3. The van der Waals surface area contributed by atoms with Crippen LogP contribution < -0.4 is 10.2 Å². The summed E-state index contributed by atoms with van der Waals surface area (Å²) in [5.74, 6) is 0.237. The molecule has 2 aliphatic heterocycles. The molecule has 2 saturated heterocycles. The number of aliphatic imine (C=N–C) groups is 1. The van der Waals surface area contributed by atoms with Gasteiger partial charge in [-0.25, -0.2) is 8.78 Å². The topological polar surface area (TPSA) is 49.3 Å². The van der Waals surface area contributed by atoms with E-state index in [4.69, 9.17) is 9.47 Å². The van der Waals surface area contributed by atoms with Crippen LogP contribution in [0.1, 0.15) is 24.2 Å². The van der Waals surface area contributed by atoms with E-state index < -0.39 is 0 Å². The van der Waals surface area contributed by atoms with E-state index in [1.165, 1.54) is 12.1 Å². The fourth-order valence-corrected chi connectivity index (χ4v) is 4.22. The number of ether oxygens (including phenoxy) is 2. The zero-order valence-electron chi connectivity index (χ0n) is 18.6. The number of halogens is 2. The molecule has 32 heavy (non-hydrogen) atoms. The van der Waals surface area contributed by atoms with Crippen molar-refractivity contribution in [1.29, 1.82) is 0 Å². The number of anilines is 1. The normalized spacial score (nSPS) is 22.2. The lowest BCUT2D eigenvalue weighted by molar-refractivity contribution is -0.0605. The van der Waals surface area contributed by atoms with Crippen molar-refractivity contribution in [1.82, 2.24) is 10.2 Å². The molecule has 0 radical (unpaired) electrons. The summed E-state index contributed by atoms with van der Waals surface area (Å²) in [5, 5.41) is 3.34. The summed E-state index contributed by atoms with van der Waals surface area (Å²) in [6, 6.07) is 11.8. The van der Waals surface area contributed by atoms with E-state index in [1.807, 2.05) is 24.0 Å². The average molecular weight is 445 g/mol. The van der Waals surface area contributed by atoms with Crippen LogP contribution in [-0.2, 0) is 16.0 Å². The number of hydrogen-bond acceptors (Lipinski definition) is 4. The summed E-state index contributed by atoms with van der Waals surface area (Å²) in [5.41, 5.74) is 2.39. The number of guanidine groups is 1. The Balaban J connectivity index is 1.39. The first-order valence-electron chi connectivity index (χ1n) is 11.0. The first kappa shape index (κ1) is 22.5. The summed E-state index contributed by atoms with van der Waals surface area (Å²) in [7, 11) is 1.73. The Bertz CT molecular complexity index is 932. The highest BCUT2D eigenvalue weighted by Crippen LogP contribution is 2.26. The maximum absolute atomic E-state index is 14.7. The van der Waals surface area contributed by atoms with Gasteiger partial charge in [-0.15, -0.1) is 0 Å². The Hall–Kier alpha value is -2.71. The van der Waals surface area contributed by atoms with Gasteiger partial charge in [0.1, 0.15) is 17.7 Å². The van der Waals surface area contributed by atoms with Crippen molar-refractivity contribution >= 4 is 11.6 Å². The maximum Gasteiger partial charge on any atom is 0.194 e. The molecule has 6 nitrogen and oxygen atoms in total. The minimum absolute atomic E-state index is 0.0115. The largest absolute Gasteiger partial charge is 0.378 e. The Morgan fingerprint density at radius 3 is 2.53 bits per heavy atom. The van der Waals surface area contributed by atoms with Gasteiger partial charge in [0.25, 0.3) is 0 Å². The molecule has 0 spiro atoms. The molecule has 1 N–H and O–H groups in total. The van der Waals surface area contributed by atoms with Crippen LogP contribution in [0.5, 0.6) is 0 Å². The van der Waals surface area contributed by atoms with Gasteiger partial charge in [-0.05, 0) is 42.3 Å². The third kappa shape index (κ3) is 5.37.